The lowest BCUT2D eigenvalue weighted by molar-refractivity contribution is -0.114. The number of benzene rings is 2. The molecule has 1 heterocycles. The zero-order valence-electron chi connectivity index (χ0n) is 16.3. The molecule has 7 nitrogen and oxygen atoms in total. The van der Waals surface area contributed by atoms with Crippen molar-refractivity contribution in [1.82, 2.24) is 0 Å². The van der Waals surface area contributed by atoms with Crippen molar-refractivity contribution >= 4 is 38.4 Å². The quantitative estimate of drug-likeness (QED) is 0.614. The van der Waals surface area contributed by atoms with E-state index in [1.165, 1.54) is 31.2 Å². The lowest BCUT2D eigenvalue weighted by atomic mass is 10.1. The third-order valence-electron chi connectivity index (χ3n) is 4.30. The normalized spacial score (nSPS) is 11.4. The maximum absolute atomic E-state index is 12.8. The molecule has 1 N–H and O–H groups in total. The predicted molar refractivity (Wildman–Crippen MR) is 109 cm³/mol. The third-order valence-corrected chi connectivity index (χ3v) is 6.00. The van der Waals surface area contributed by atoms with Crippen LogP contribution >= 0.6 is 0 Å². The van der Waals surface area contributed by atoms with Gasteiger partial charge in [-0.3, -0.25) is 4.79 Å². The minimum atomic E-state index is -3.62. The number of carbonyl (C=O) groups excluding carboxylic acids is 2. The van der Waals surface area contributed by atoms with Crippen LogP contribution in [0.15, 0.2) is 51.8 Å². The van der Waals surface area contributed by atoms with Gasteiger partial charge in [-0.1, -0.05) is 6.07 Å². The van der Waals surface area contributed by atoms with Gasteiger partial charge in [0.05, 0.1) is 17.3 Å². The lowest BCUT2D eigenvalue weighted by Gasteiger charge is -2.07. The summed E-state index contributed by atoms with van der Waals surface area (Å²) in [5, 5.41) is 3.12. The van der Waals surface area contributed by atoms with E-state index in [0.717, 1.165) is 0 Å². The molecular formula is C21H21NO6S. The van der Waals surface area contributed by atoms with Crippen molar-refractivity contribution in [2.24, 2.45) is 0 Å². The van der Waals surface area contributed by atoms with E-state index >= 15 is 0 Å². The summed E-state index contributed by atoms with van der Waals surface area (Å²) in [7, 11) is -3.62. The van der Waals surface area contributed by atoms with Gasteiger partial charge in [0, 0.05) is 18.0 Å². The Hall–Kier alpha value is -3.13. The van der Waals surface area contributed by atoms with Crippen molar-refractivity contribution in [2.75, 3.05) is 11.9 Å². The summed E-state index contributed by atoms with van der Waals surface area (Å²) < 4.78 is 36.3. The van der Waals surface area contributed by atoms with Crippen LogP contribution in [0.5, 0.6) is 0 Å². The number of aryl methyl sites for hydroxylation is 1. The lowest BCUT2D eigenvalue weighted by Crippen LogP contribution is -2.08. The number of carbonyl (C=O) groups is 2. The number of rotatable bonds is 6. The molecule has 0 saturated carbocycles. The number of ether oxygens (including phenoxy) is 1. The summed E-state index contributed by atoms with van der Waals surface area (Å²) >= 11 is 0. The Morgan fingerprint density at radius 1 is 1.10 bits per heavy atom. The molecule has 0 saturated heterocycles. The highest BCUT2D eigenvalue weighted by atomic mass is 32.2. The molecule has 152 valence electrons. The highest BCUT2D eigenvalue weighted by Gasteiger charge is 2.21. The molecule has 0 fully saturated rings. The van der Waals surface area contributed by atoms with Gasteiger partial charge in [0.1, 0.15) is 16.9 Å². The topological polar surface area (TPSA) is 103 Å². The largest absolute Gasteiger partial charge is 0.462 e. The van der Waals surface area contributed by atoms with Gasteiger partial charge in [-0.2, -0.15) is 0 Å². The van der Waals surface area contributed by atoms with E-state index in [2.05, 4.69) is 5.32 Å². The summed E-state index contributed by atoms with van der Waals surface area (Å²) in [5.41, 5.74) is 1.84. The second-order valence-corrected chi connectivity index (χ2v) is 8.54. The second-order valence-electron chi connectivity index (χ2n) is 6.55. The Bertz CT molecular complexity index is 1180. The van der Waals surface area contributed by atoms with E-state index in [0.29, 0.717) is 33.5 Å². The fourth-order valence-corrected chi connectivity index (χ4v) is 4.40. The second kappa shape index (κ2) is 8.08. The smallest absolute Gasteiger partial charge is 0.342 e. The van der Waals surface area contributed by atoms with Crippen LogP contribution in [0.3, 0.4) is 0 Å². The van der Waals surface area contributed by atoms with Crippen molar-refractivity contribution in [3.8, 4) is 0 Å². The zero-order chi connectivity index (χ0) is 21.2. The molecule has 0 atom stereocenters. The van der Waals surface area contributed by atoms with Crippen molar-refractivity contribution < 1.29 is 27.2 Å². The van der Waals surface area contributed by atoms with Crippen molar-refractivity contribution in [3.05, 3.63) is 59.4 Å². The monoisotopic (exact) mass is 415 g/mol. The van der Waals surface area contributed by atoms with Crippen molar-refractivity contribution in [3.63, 3.8) is 0 Å². The molecule has 0 spiro atoms. The van der Waals surface area contributed by atoms with Crippen LogP contribution in [-0.2, 0) is 25.1 Å². The van der Waals surface area contributed by atoms with Gasteiger partial charge in [0.15, 0.2) is 9.84 Å². The number of nitrogens with one attached hydrogen (secondary N) is 1. The number of sulfone groups is 1. The molecular weight excluding hydrogens is 394 g/mol. The number of hydrogen-bond acceptors (Lipinski definition) is 6. The van der Waals surface area contributed by atoms with Gasteiger partial charge >= 0.3 is 5.97 Å². The molecule has 1 amide bonds. The van der Waals surface area contributed by atoms with E-state index in [9.17, 15) is 18.0 Å². The average Bonchev–Trinajstić information content (AvgIpc) is 2.96. The number of esters is 1. The Morgan fingerprint density at radius 2 is 1.79 bits per heavy atom. The average molecular weight is 415 g/mol. The number of furan rings is 1. The molecule has 1 aromatic heterocycles. The van der Waals surface area contributed by atoms with Crippen LogP contribution in [0.2, 0.25) is 0 Å². The maximum Gasteiger partial charge on any atom is 0.342 e. The van der Waals surface area contributed by atoms with E-state index in [1.807, 2.05) is 0 Å². The Kier molecular flexibility index (Phi) is 5.74. The minimum Gasteiger partial charge on any atom is -0.462 e. The molecule has 29 heavy (non-hydrogen) atoms. The first-order valence-electron chi connectivity index (χ1n) is 9.01. The number of fused-ring (bicyclic) bond motifs is 1. The van der Waals surface area contributed by atoms with Gasteiger partial charge in [-0.15, -0.1) is 0 Å². The molecule has 0 radical (unpaired) electrons. The van der Waals surface area contributed by atoms with Gasteiger partial charge in [-0.05, 0) is 55.8 Å². The minimum absolute atomic E-state index is 0.140. The zero-order valence-corrected chi connectivity index (χ0v) is 17.1. The molecule has 0 aliphatic carbocycles. The predicted octanol–water partition coefficient (Wildman–Crippen LogP) is 3.85. The molecule has 0 aliphatic rings. The molecule has 3 rings (SSSR count). The summed E-state index contributed by atoms with van der Waals surface area (Å²) in [6, 6.07) is 10.9. The van der Waals surface area contributed by atoms with Gasteiger partial charge in [0.2, 0.25) is 5.91 Å². The van der Waals surface area contributed by atoms with Crippen LogP contribution in [0, 0.1) is 6.92 Å². The van der Waals surface area contributed by atoms with Crippen LogP contribution in [0.1, 0.15) is 35.5 Å². The molecule has 3 aromatic rings. The molecule has 0 aliphatic heterocycles. The Morgan fingerprint density at radius 3 is 2.41 bits per heavy atom. The van der Waals surface area contributed by atoms with Crippen LogP contribution in [-0.4, -0.2) is 26.9 Å². The van der Waals surface area contributed by atoms with E-state index in [1.54, 1.807) is 32.0 Å². The highest BCUT2D eigenvalue weighted by Crippen LogP contribution is 2.29. The molecule has 8 heteroatoms. The van der Waals surface area contributed by atoms with Gasteiger partial charge < -0.3 is 14.5 Å². The summed E-state index contributed by atoms with van der Waals surface area (Å²) in [4.78, 5) is 23.5. The summed E-state index contributed by atoms with van der Waals surface area (Å²) in [5.74, 6) is -0.555. The molecule has 2 aromatic carbocycles. The van der Waals surface area contributed by atoms with Crippen LogP contribution in [0.25, 0.3) is 11.0 Å². The highest BCUT2D eigenvalue weighted by molar-refractivity contribution is 7.90. The van der Waals surface area contributed by atoms with Crippen LogP contribution < -0.4 is 5.32 Å². The first-order valence-corrected chi connectivity index (χ1v) is 10.7. The van der Waals surface area contributed by atoms with Gasteiger partial charge in [-0.25, -0.2) is 13.2 Å². The fourth-order valence-electron chi connectivity index (χ4n) is 3.07. The summed E-state index contributed by atoms with van der Waals surface area (Å²) in [6.45, 7) is 4.99. The van der Waals surface area contributed by atoms with E-state index in [4.69, 9.17) is 9.15 Å². The first kappa shape index (κ1) is 20.6. The van der Waals surface area contributed by atoms with Crippen molar-refractivity contribution in [1.29, 1.82) is 0 Å². The summed E-state index contributed by atoms with van der Waals surface area (Å²) in [6.07, 6.45) is 0. The van der Waals surface area contributed by atoms with Gasteiger partial charge in [0.25, 0.3) is 0 Å². The van der Waals surface area contributed by atoms with E-state index < -0.39 is 15.8 Å². The van der Waals surface area contributed by atoms with Crippen molar-refractivity contribution in [2.45, 2.75) is 31.4 Å². The number of anilines is 1. The molecule has 0 unspecified atom stereocenters. The maximum atomic E-state index is 12.8. The SMILES string of the molecule is CCOC(=O)c1c(C)oc2ccc(CS(=O)(=O)c3ccc(NC(C)=O)cc3)cc12. The third kappa shape index (κ3) is 4.48. The first-order chi connectivity index (χ1) is 13.7. The fraction of sp³-hybridized carbons (Fsp3) is 0.238. The molecule has 0 bridgehead atoms. The standard InChI is InChI=1S/C21H21NO6S/c1-4-27-21(24)20-13(2)28-19-10-5-15(11-18(19)20)12-29(25,26)17-8-6-16(7-9-17)22-14(3)23/h5-11H,4,12H2,1-3H3,(H,22,23). The van der Waals surface area contributed by atoms with E-state index in [-0.39, 0.29) is 23.2 Å². The number of amides is 1. The van der Waals surface area contributed by atoms with Crippen LogP contribution in [0.4, 0.5) is 5.69 Å². The number of hydrogen-bond donors (Lipinski definition) is 1. The Labute approximate surface area is 168 Å². The Balaban J connectivity index is 1.91.